The number of hydrogen-bond donors (Lipinski definition) is 2. The van der Waals surface area contributed by atoms with Crippen LogP contribution in [0.5, 0.6) is 11.5 Å². The Morgan fingerprint density at radius 1 is 0.842 bits per heavy atom. The normalized spacial score (nSPS) is 10.9. The van der Waals surface area contributed by atoms with Gasteiger partial charge < -0.3 is 10.2 Å². The van der Waals surface area contributed by atoms with Crippen LogP contribution in [0.3, 0.4) is 0 Å². The van der Waals surface area contributed by atoms with Crippen LogP contribution in [0, 0.1) is 7.14 Å². The van der Waals surface area contributed by atoms with Gasteiger partial charge in [-0.2, -0.15) is 0 Å². The molecule has 2 nitrogen and oxygen atoms in total. The molecule has 19 heavy (non-hydrogen) atoms. The van der Waals surface area contributed by atoms with Crippen LogP contribution >= 0.6 is 67.8 Å². The van der Waals surface area contributed by atoms with Crippen LogP contribution in [0.1, 0.15) is 17.0 Å². The van der Waals surface area contributed by atoms with E-state index in [1.807, 2.05) is 12.1 Å². The van der Waals surface area contributed by atoms with Crippen molar-refractivity contribution in [2.24, 2.45) is 0 Å². The Kier molecular flexibility index (Phi) is 5.58. The lowest BCUT2D eigenvalue weighted by atomic mass is 9.93. The van der Waals surface area contributed by atoms with Crippen molar-refractivity contribution in [1.29, 1.82) is 0 Å². The van der Waals surface area contributed by atoms with E-state index in [0.717, 1.165) is 11.6 Å². The highest BCUT2D eigenvalue weighted by atomic mass is 127. The first-order valence-electron chi connectivity index (χ1n) is 5.55. The third kappa shape index (κ3) is 3.66. The minimum Gasteiger partial charge on any atom is -0.508 e. The Balaban J connectivity index is 2.50. The molecular formula is C14H11I3O2. The highest BCUT2D eigenvalue weighted by molar-refractivity contribution is 14.1. The highest BCUT2D eigenvalue weighted by Crippen LogP contribution is 2.35. The van der Waals surface area contributed by atoms with Gasteiger partial charge in [0.15, 0.2) is 0 Å². The smallest absolute Gasteiger partial charge is 0.116 e. The molecule has 2 rings (SSSR count). The molecule has 0 radical (unpaired) electrons. The van der Waals surface area contributed by atoms with Gasteiger partial charge in [0.05, 0.1) is 0 Å². The standard InChI is InChI=1S/C14H11I3O2/c15-7-12(10-3-1-8(18)5-13(10)16)11-4-2-9(19)6-14(11)17/h1-6,12,18-19H,7H2. The van der Waals surface area contributed by atoms with Crippen molar-refractivity contribution in [3.05, 3.63) is 54.7 Å². The fourth-order valence-electron chi connectivity index (χ4n) is 1.93. The fourth-order valence-corrected chi connectivity index (χ4v) is 4.63. The second-order valence-electron chi connectivity index (χ2n) is 4.12. The lowest BCUT2D eigenvalue weighted by Gasteiger charge is -2.18. The zero-order valence-corrected chi connectivity index (χ0v) is 16.2. The monoisotopic (exact) mass is 592 g/mol. The molecule has 0 spiro atoms. The van der Waals surface area contributed by atoms with Crippen LogP contribution in [0.2, 0.25) is 0 Å². The molecule has 0 heterocycles. The van der Waals surface area contributed by atoms with E-state index in [9.17, 15) is 10.2 Å². The van der Waals surface area contributed by atoms with Crippen molar-refractivity contribution in [1.82, 2.24) is 0 Å². The maximum atomic E-state index is 9.51. The van der Waals surface area contributed by atoms with Gasteiger partial charge in [-0.25, -0.2) is 0 Å². The van der Waals surface area contributed by atoms with Gasteiger partial charge in [0.25, 0.3) is 0 Å². The molecule has 0 amide bonds. The molecule has 0 aliphatic rings. The maximum Gasteiger partial charge on any atom is 0.116 e. The largest absolute Gasteiger partial charge is 0.508 e. The summed E-state index contributed by atoms with van der Waals surface area (Å²) < 4.78 is 3.06. The maximum absolute atomic E-state index is 9.51. The van der Waals surface area contributed by atoms with Crippen LogP contribution < -0.4 is 0 Å². The van der Waals surface area contributed by atoms with Crippen molar-refractivity contribution in [3.63, 3.8) is 0 Å². The van der Waals surface area contributed by atoms with Crippen LogP contribution in [0.25, 0.3) is 0 Å². The van der Waals surface area contributed by atoms with Crippen molar-refractivity contribution in [3.8, 4) is 11.5 Å². The number of rotatable bonds is 3. The Bertz CT molecular complexity index is 548. The summed E-state index contributed by atoms with van der Waals surface area (Å²) in [4.78, 5) is 0. The molecule has 2 aromatic carbocycles. The molecule has 0 aromatic heterocycles. The van der Waals surface area contributed by atoms with E-state index in [-0.39, 0.29) is 5.92 Å². The van der Waals surface area contributed by atoms with Gasteiger partial charge in [-0.1, -0.05) is 34.7 Å². The average Bonchev–Trinajstić information content (AvgIpc) is 2.34. The number of halogens is 3. The number of phenols is 2. The first kappa shape index (κ1) is 15.6. The van der Waals surface area contributed by atoms with Gasteiger partial charge in [0.2, 0.25) is 0 Å². The molecule has 0 fully saturated rings. The predicted molar refractivity (Wildman–Crippen MR) is 102 cm³/mol. The summed E-state index contributed by atoms with van der Waals surface area (Å²) >= 11 is 6.88. The lowest BCUT2D eigenvalue weighted by molar-refractivity contribution is 0.474. The van der Waals surface area contributed by atoms with Crippen molar-refractivity contribution in [2.45, 2.75) is 5.92 Å². The molecule has 0 aliphatic heterocycles. The SMILES string of the molecule is Oc1ccc(C(CI)c2ccc(O)cc2I)c(I)c1. The van der Waals surface area contributed by atoms with E-state index in [1.54, 1.807) is 24.3 Å². The number of benzene rings is 2. The Hall–Kier alpha value is 0.230. The van der Waals surface area contributed by atoms with E-state index in [1.165, 1.54) is 11.1 Å². The molecule has 0 saturated heterocycles. The minimum absolute atomic E-state index is 0.264. The number of alkyl halides is 1. The first-order valence-corrected chi connectivity index (χ1v) is 9.24. The quantitative estimate of drug-likeness (QED) is 0.395. The van der Waals surface area contributed by atoms with Crippen LogP contribution in [-0.2, 0) is 0 Å². The fraction of sp³-hybridized carbons (Fsp3) is 0.143. The Morgan fingerprint density at radius 3 is 1.58 bits per heavy atom. The zero-order chi connectivity index (χ0) is 14.0. The number of aromatic hydroxyl groups is 2. The number of phenolic OH excluding ortho intramolecular Hbond substituents is 2. The van der Waals surface area contributed by atoms with Gasteiger partial charge in [-0.15, -0.1) is 0 Å². The van der Waals surface area contributed by atoms with E-state index >= 15 is 0 Å². The summed E-state index contributed by atoms with van der Waals surface area (Å²) in [5.41, 5.74) is 2.41. The second kappa shape index (κ2) is 6.79. The van der Waals surface area contributed by atoms with Crippen LogP contribution in [0.4, 0.5) is 0 Å². The topological polar surface area (TPSA) is 40.5 Å². The van der Waals surface area contributed by atoms with Crippen molar-refractivity contribution < 1.29 is 10.2 Å². The van der Waals surface area contributed by atoms with E-state index in [2.05, 4.69) is 67.8 Å². The summed E-state index contributed by atoms with van der Waals surface area (Å²) in [6, 6.07) is 11.0. The third-order valence-electron chi connectivity index (χ3n) is 2.87. The summed E-state index contributed by atoms with van der Waals surface area (Å²) in [5.74, 6) is 0.849. The van der Waals surface area contributed by atoms with E-state index in [4.69, 9.17) is 0 Å². The van der Waals surface area contributed by atoms with Crippen molar-refractivity contribution in [2.75, 3.05) is 4.43 Å². The Labute approximate surface area is 153 Å². The van der Waals surface area contributed by atoms with Crippen LogP contribution in [-0.4, -0.2) is 14.6 Å². The summed E-state index contributed by atoms with van der Waals surface area (Å²) in [5, 5.41) is 19.0. The van der Waals surface area contributed by atoms with Gasteiger partial charge in [-0.3, -0.25) is 0 Å². The molecule has 0 bridgehead atoms. The molecule has 0 atom stereocenters. The molecule has 0 saturated carbocycles. The van der Waals surface area contributed by atoms with Gasteiger partial charge in [0.1, 0.15) is 11.5 Å². The molecule has 2 N–H and O–H groups in total. The summed E-state index contributed by atoms with van der Waals surface area (Å²) in [6.07, 6.45) is 0. The predicted octanol–water partition coefficient (Wildman–Crippen LogP) is 4.87. The number of hydrogen-bond acceptors (Lipinski definition) is 2. The molecule has 0 unspecified atom stereocenters. The molecule has 100 valence electrons. The summed E-state index contributed by atoms with van der Waals surface area (Å²) in [7, 11) is 0. The average molecular weight is 592 g/mol. The molecule has 0 aliphatic carbocycles. The molecule has 2 aromatic rings. The van der Waals surface area contributed by atoms with Gasteiger partial charge in [-0.05, 0) is 80.6 Å². The Morgan fingerprint density at radius 2 is 1.26 bits per heavy atom. The van der Waals surface area contributed by atoms with Gasteiger partial charge >= 0.3 is 0 Å². The third-order valence-corrected chi connectivity index (χ3v) is 5.62. The molecular weight excluding hydrogens is 581 g/mol. The zero-order valence-electron chi connectivity index (χ0n) is 9.78. The lowest BCUT2D eigenvalue weighted by Crippen LogP contribution is -2.06. The highest BCUT2D eigenvalue weighted by Gasteiger charge is 2.18. The minimum atomic E-state index is 0.264. The van der Waals surface area contributed by atoms with Crippen molar-refractivity contribution >= 4 is 67.8 Å². The summed E-state index contributed by atoms with van der Waals surface area (Å²) in [6.45, 7) is 0. The van der Waals surface area contributed by atoms with Gasteiger partial charge in [0, 0.05) is 17.5 Å². The first-order chi connectivity index (χ1) is 9.02. The second-order valence-corrected chi connectivity index (χ2v) is 7.32. The molecule has 5 heteroatoms. The van der Waals surface area contributed by atoms with E-state index in [0.29, 0.717) is 11.5 Å². The van der Waals surface area contributed by atoms with E-state index < -0.39 is 0 Å². The van der Waals surface area contributed by atoms with Crippen LogP contribution in [0.15, 0.2) is 36.4 Å².